The molecule has 51 heavy (non-hydrogen) atoms. The number of urea groups is 1. The van der Waals surface area contributed by atoms with Crippen LogP contribution in [0.3, 0.4) is 0 Å². The summed E-state index contributed by atoms with van der Waals surface area (Å²) in [5, 5.41) is 29.6. The van der Waals surface area contributed by atoms with E-state index in [1.807, 2.05) is 0 Å². The summed E-state index contributed by atoms with van der Waals surface area (Å²) in [6.45, 7) is 11.2. The van der Waals surface area contributed by atoms with Crippen molar-refractivity contribution in [2.45, 2.75) is 58.8 Å². The molecule has 3 rings (SSSR count). The van der Waals surface area contributed by atoms with Crippen LogP contribution in [0.15, 0.2) is 42.6 Å². The van der Waals surface area contributed by atoms with Gasteiger partial charge in [0.25, 0.3) is 0 Å². The van der Waals surface area contributed by atoms with Crippen molar-refractivity contribution in [3.05, 3.63) is 60.9 Å². The minimum absolute atomic E-state index is 0.0955. The van der Waals surface area contributed by atoms with Crippen LogP contribution in [-0.4, -0.2) is 87.5 Å². The van der Waals surface area contributed by atoms with Crippen molar-refractivity contribution in [1.29, 1.82) is 0 Å². The molecule has 0 bridgehead atoms. The number of nitrogens with zero attached hydrogens (tertiary/aromatic N) is 5. The van der Waals surface area contributed by atoms with E-state index in [9.17, 15) is 23.7 Å². The van der Waals surface area contributed by atoms with Crippen LogP contribution in [-0.2, 0) is 34.2 Å². The van der Waals surface area contributed by atoms with Crippen LogP contribution in [0.25, 0.3) is 11.5 Å². The predicted octanol–water partition coefficient (Wildman–Crippen LogP) is 2.40. The van der Waals surface area contributed by atoms with Crippen molar-refractivity contribution in [2.24, 2.45) is 11.7 Å². The molecule has 275 valence electrons. The average molecular weight is 727 g/mol. The number of pyridine rings is 1. The van der Waals surface area contributed by atoms with Crippen LogP contribution in [0.5, 0.6) is 0 Å². The highest BCUT2D eigenvalue weighted by Gasteiger charge is 2.29. The zero-order chi connectivity index (χ0) is 37.4. The largest absolute Gasteiger partial charge is 0.375 e. The number of carbonyl (C=O) groups is 4. The van der Waals surface area contributed by atoms with Gasteiger partial charge in [0, 0.05) is 12.2 Å². The summed E-state index contributed by atoms with van der Waals surface area (Å²) in [6.07, 6.45) is 1.83. The summed E-state index contributed by atoms with van der Waals surface area (Å²) in [6, 6.07) is 7.49. The molecule has 0 unspecified atom stereocenters. The number of rotatable bonds is 20. The van der Waals surface area contributed by atoms with E-state index in [4.69, 9.17) is 14.8 Å². The van der Waals surface area contributed by atoms with Gasteiger partial charge in [0.05, 0.1) is 31.6 Å². The minimum Gasteiger partial charge on any atom is -0.375 e. The normalized spacial score (nSPS) is 12.4. The third-order valence-corrected chi connectivity index (χ3v) is 9.01. The summed E-state index contributed by atoms with van der Waals surface area (Å²) in [5.41, 5.74) is 7.28. The smallest absolute Gasteiger partial charge is 0.338 e. The van der Waals surface area contributed by atoms with Gasteiger partial charge in [-0.05, 0) is 69.4 Å². The number of aromatic nitrogens is 5. The van der Waals surface area contributed by atoms with Crippen LogP contribution in [0.2, 0.25) is 0 Å². The molecule has 0 saturated carbocycles. The van der Waals surface area contributed by atoms with Gasteiger partial charge >= 0.3 is 13.6 Å². The van der Waals surface area contributed by atoms with Gasteiger partial charge in [-0.25, -0.2) is 4.79 Å². The molecule has 2 aromatic heterocycles. The topological polar surface area (TPSA) is 254 Å². The molecule has 1 aromatic carbocycles. The minimum atomic E-state index is -3.42. The molecule has 2 atom stereocenters. The van der Waals surface area contributed by atoms with Crippen LogP contribution >= 0.6 is 7.60 Å². The molecule has 0 fully saturated rings. The molecule has 7 N–H and O–H groups in total. The fourth-order valence-electron chi connectivity index (χ4n) is 4.55. The number of hydrogen-bond acceptors (Lipinski definition) is 13. The first-order chi connectivity index (χ1) is 24.3. The Balaban J connectivity index is 1.58. The maximum atomic E-state index is 13.4. The maximum absolute atomic E-state index is 13.4. The molecule has 0 spiro atoms. The molecule has 3 aromatic rings. The highest BCUT2D eigenvalue weighted by Crippen LogP contribution is 2.50. The Morgan fingerprint density at radius 2 is 1.55 bits per heavy atom. The van der Waals surface area contributed by atoms with Crippen molar-refractivity contribution in [3.63, 3.8) is 0 Å². The lowest BCUT2D eigenvalue weighted by atomic mass is 10.0. The number of amides is 5. The van der Waals surface area contributed by atoms with Gasteiger partial charge in [-0.1, -0.05) is 26.0 Å². The van der Waals surface area contributed by atoms with Gasteiger partial charge in [0.15, 0.2) is 5.82 Å². The van der Waals surface area contributed by atoms with E-state index in [1.165, 1.54) is 6.20 Å². The second-order valence-electron chi connectivity index (χ2n) is 11.5. The van der Waals surface area contributed by atoms with E-state index in [0.717, 1.165) is 5.56 Å². The Bertz CT molecular complexity index is 1630. The lowest BCUT2D eigenvalue weighted by Crippen LogP contribution is -2.55. The number of nitrogens with two attached hydrogens (primary N) is 1. The van der Waals surface area contributed by atoms with E-state index in [1.54, 1.807) is 64.1 Å². The monoisotopic (exact) mass is 726 g/mol. The number of hydrogen-bond donors (Lipinski definition) is 6. The van der Waals surface area contributed by atoms with Crippen molar-refractivity contribution in [1.82, 2.24) is 41.3 Å². The molecule has 0 saturated heterocycles. The Kier molecular flexibility index (Phi) is 15.8. The van der Waals surface area contributed by atoms with Crippen LogP contribution in [0.4, 0.5) is 16.2 Å². The molecule has 1 radical (unpaired) electrons. The predicted molar refractivity (Wildman–Crippen MR) is 189 cm³/mol. The van der Waals surface area contributed by atoms with Gasteiger partial charge in [0.2, 0.25) is 23.5 Å². The zero-order valence-corrected chi connectivity index (χ0v) is 29.9. The van der Waals surface area contributed by atoms with Gasteiger partial charge < -0.3 is 41.4 Å². The number of benzene rings is 1. The third-order valence-electron chi connectivity index (χ3n) is 7.04. The molecule has 5 amide bonds. The van der Waals surface area contributed by atoms with E-state index >= 15 is 0 Å². The van der Waals surface area contributed by atoms with Crippen molar-refractivity contribution < 1.29 is 32.8 Å². The lowest BCUT2D eigenvalue weighted by molar-refractivity contribution is -0.131. The standard InChI is InChI=1S/C32H45N11O7P/c1-6-49-51(48,50-7-2)19-26-40-42-29(43-41-26)24-15-14-23(17-36-24)35-18-27(44)39-28(20(3)4)31(46)38-25(9-8-16-34-32(33)47)30(45)37-22-12-10-21(5)11-13-22/h10-15,17,20,25,28,35H,5-9,16,18-19H2,1-4H3,(H,37,45)(H,38,46)(H,39,44)(H3,33,34,47)/t25-,28-/m0/s1. The maximum Gasteiger partial charge on any atom is 0.338 e. The fraction of sp³-hybridized carbons (Fsp3) is 0.438. The summed E-state index contributed by atoms with van der Waals surface area (Å²) >= 11 is 0. The molecule has 2 heterocycles. The van der Waals surface area contributed by atoms with E-state index in [2.05, 4.69) is 58.9 Å². The van der Waals surface area contributed by atoms with Gasteiger partial charge in [0.1, 0.15) is 23.9 Å². The number of primary amides is 1. The van der Waals surface area contributed by atoms with E-state index in [0.29, 0.717) is 23.5 Å². The first-order valence-electron chi connectivity index (χ1n) is 16.3. The molecule has 0 aliphatic rings. The molecular weight excluding hydrogens is 681 g/mol. The Labute approximate surface area is 296 Å². The Morgan fingerprint density at radius 3 is 2.12 bits per heavy atom. The summed E-state index contributed by atoms with van der Waals surface area (Å²) < 4.78 is 23.2. The van der Waals surface area contributed by atoms with Crippen molar-refractivity contribution >= 4 is 42.7 Å². The highest BCUT2D eigenvalue weighted by atomic mass is 31.2. The number of anilines is 2. The Hall–Kier alpha value is -5.06. The molecule has 19 heteroatoms. The second kappa shape index (κ2) is 20.0. The van der Waals surface area contributed by atoms with Crippen LogP contribution in [0, 0.1) is 12.8 Å². The van der Waals surface area contributed by atoms with E-state index in [-0.39, 0.29) is 56.5 Å². The summed E-state index contributed by atoms with van der Waals surface area (Å²) in [7, 11) is -3.42. The fourth-order valence-corrected chi connectivity index (χ4v) is 6.07. The lowest BCUT2D eigenvalue weighted by Gasteiger charge is -2.25. The van der Waals surface area contributed by atoms with E-state index < -0.39 is 43.4 Å². The number of nitrogens with one attached hydrogen (secondary N) is 5. The second-order valence-corrected chi connectivity index (χ2v) is 13.6. The number of carbonyl (C=O) groups excluding carboxylic acids is 4. The highest BCUT2D eigenvalue weighted by molar-refractivity contribution is 7.53. The summed E-state index contributed by atoms with van der Waals surface area (Å²) in [5.74, 6) is -1.59. The molecular formula is C32H45N11O7P. The van der Waals surface area contributed by atoms with Gasteiger partial charge in [-0.2, -0.15) is 0 Å². The third kappa shape index (κ3) is 13.6. The van der Waals surface area contributed by atoms with Crippen LogP contribution < -0.4 is 32.3 Å². The quantitative estimate of drug-likeness (QED) is 0.0723. The first-order valence-corrected chi connectivity index (χ1v) is 18.1. The molecule has 18 nitrogen and oxygen atoms in total. The first kappa shape index (κ1) is 40.4. The summed E-state index contributed by atoms with van der Waals surface area (Å²) in [4.78, 5) is 54.8. The SMILES string of the molecule is [CH2]c1ccc(NC(=O)[C@H](CCCNC(N)=O)NC(=O)[C@@H](NC(=O)CNc2ccc(-c3nnc(CP(=O)(OCC)OCC)nn3)nc2)C(C)C)cc1. The van der Waals surface area contributed by atoms with Crippen molar-refractivity contribution in [3.8, 4) is 11.5 Å². The van der Waals surface area contributed by atoms with Crippen molar-refractivity contribution in [2.75, 3.05) is 36.9 Å². The van der Waals surface area contributed by atoms with Gasteiger partial charge in [-0.15, -0.1) is 20.4 Å². The average Bonchev–Trinajstić information content (AvgIpc) is 3.09. The molecule has 0 aliphatic heterocycles. The zero-order valence-electron chi connectivity index (χ0n) is 29.0. The molecule has 0 aliphatic carbocycles. The van der Waals surface area contributed by atoms with Crippen LogP contribution in [0.1, 0.15) is 51.9 Å². The Morgan fingerprint density at radius 1 is 0.902 bits per heavy atom. The van der Waals surface area contributed by atoms with Gasteiger partial charge in [-0.3, -0.25) is 23.9 Å².